The second-order valence-corrected chi connectivity index (χ2v) is 3.30. The van der Waals surface area contributed by atoms with Gasteiger partial charge in [-0.2, -0.15) is 0 Å². The van der Waals surface area contributed by atoms with Crippen LogP contribution in [0.1, 0.15) is 13.8 Å². The number of hydrogen-bond donors (Lipinski definition) is 0. The highest BCUT2D eigenvalue weighted by molar-refractivity contribution is 6.18. The summed E-state index contributed by atoms with van der Waals surface area (Å²) in [6.07, 6.45) is 1.65. The largest absolute Gasteiger partial charge is 0.378 e. The van der Waals surface area contributed by atoms with Crippen molar-refractivity contribution in [3.63, 3.8) is 0 Å². The summed E-state index contributed by atoms with van der Waals surface area (Å²) in [5, 5.41) is 0. The van der Waals surface area contributed by atoms with Crippen molar-refractivity contribution in [2.45, 2.75) is 13.8 Å². The molecule has 1 rings (SSSR count). The van der Waals surface area contributed by atoms with Crippen molar-refractivity contribution in [1.29, 1.82) is 0 Å². The molecule has 0 aromatic carbocycles. The average molecular weight is 197 g/mol. The molecule has 0 spiro atoms. The summed E-state index contributed by atoms with van der Waals surface area (Å²) in [5.74, 6) is -0.354. The Hall–Kier alpha value is -1.16. The molecule has 0 aliphatic carbocycles. The van der Waals surface area contributed by atoms with Gasteiger partial charge in [-0.05, 0) is 13.8 Å². The first-order valence-electron chi connectivity index (χ1n) is 4.66. The maximum atomic E-state index is 11.1. The van der Waals surface area contributed by atoms with Crippen molar-refractivity contribution in [2.75, 3.05) is 26.3 Å². The molecule has 0 aromatic rings. The highest BCUT2D eigenvalue weighted by Gasteiger charge is 2.13. The third-order valence-corrected chi connectivity index (χ3v) is 2.12. The molecular weight excluding hydrogens is 182 g/mol. The molecule has 0 amide bonds. The van der Waals surface area contributed by atoms with Gasteiger partial charge in [-0.15, -0.1) is 0 Å². The fourth-order valence-electron chi connectivity index (χ4n) is 1.32. The highest BCUT2D eigenvalue weighted by Crippen LogP contribution is 2.04. The van der Waals surface area contributed by atoms with E-state index in [1.54, 1.807) is 6.20 Å². The zero-order valence-electron chi connectivity index (χ0n) is 8.58. The molecule has 1 heterocycles. The molecular formula is C10H15NO3. The van der Waals surface area contributed by atoms with Gasteiger partial charge in [0.2, 0.25) is 0 Å². The van der Waals surface area contributed by atoms with E-state index in [-0.39, 0.29) is 17.1 Å². The van der Waals surface area contributed by atoms with E-state index in [9.17, 15) is 9.59 Å². The summed E-state index contributed by atoms with van der Waals surface area (Å²) in [5.41, 5.74) is 0.270. The number of nitrogens with zero attached hydrogens (tertiary/aromatic N) is 1. The second kappa shape index (κ2) is 4.91. The Labute approximate surface area is 83.5 Å². The summed E-state index contributed by atoms with van der Waals surface area (Å²) in [4.78, 5) is 24.2. The molecule has 4 nitrogen and oxygen atoms in total. The van der Waals surface area contributed by atoms with Crippen LogP contribution in [0.3, 0.4) is 0 Å². The van der Waals surface area contributed by atoms with E-state index in [4.69, 9.17) is 4.74 Å². The Morgan fingerprint density at radius 2 is 1.64 bits per heavy atom. The van der Waals surface area contributed by atoms with Crippen LogP contribution in [-0.4, -0.2) is 42.8 Å². The Bertz CT molecular complexity index is 249. The van der Waals surface area contributed by atoms with E-state index in [0.717, 1.165) is 13.1 Å². The predicted molar refractivity (Wildman–Crippen MR) is 51.8 cm³/mol. The molecule has 0 bridgehead atoms. The third-order valence-electron chi connectivity index (χ3n) is 2.12. The van der Waals surface area contributed by atoms with E-state index >= 15 is 0 Å². The number of ether oxygens (including phenoxy) is 1. The van der Waals surface area contributed by atoms with Gasteiger partial charge in [0.05, 0.1) is 18.8 Å². The van der Waals surface area contributed by atoms with Gasteiger partial charge in [-0.1, -0.05) is 0 Å². The smallest absolute Gasteiger partial charge is 0.164 e. The van der Waals surface area contributed by atoms with Crippen molar-refractivity contribution in [2.24, 2.45) is 0 Å². The normalized spacial score (nSPS) is 16.3. The summed E-state index contributed by atoms with van der Waals surface area (Å²) in [7, 11) is 0. The molecule has 0 saturated carbocycles. The molecule has 1 aliphatic heterocycles. The standard InChI is InChI=1S/C10H15NO3/c1-8(12)10(9(2)13)7-11-3-5-14-6-4-11/h7H,3-6H2,1-2H3. The minimum absolute atomic E-state index is 0.177. The van der Waals surface area contributed by atoms with E-state index in [1.807, 2.05) is 4.90 Å². The number of hydrogen-bond acceptors (Lipinski definition) is 4. The summed E-state index contributed by atoms with van der Waals surface area (Å²) in [6.45, 7) is 5.61. The molecule has 4 heteroatoms. The Morgan fingerprint density at radius 1 is 1.14 bits per heavy atom. The molecule has 0 N–H and O–H groups in total. The zero-order valence-corrected chi connectivity index (χ0v) is 8.58. The molecule has 0 unspecified atom stereocenters. The van der Waals surface area contributed by atoms with Crippen molar-refractivity contribution >= 4 is 11.6 Å². The summed E-state index contributed by atoms with van der Waals surface area (Å²) >= 11 is 0. The summed E-state index contributed by atoms with van der Waals surface area (Å²) < 4.78 is 5.16. The molecule has 1 aliphatic rings. The van der Waals surface area contributed by atoms with E-state index in [1.165, 1.54) is 13.8 Å². The first-order valence-corrected chi connectivity index (χ1v) is 4.66. The molecule has 0 radical (unpaired) electrons. The Balaban J connectivity index is 2.70. The predicted octanol–water partition coefficient (Wildman–Crippen LogP) is 0.380. The van der Waals surface area contributed by atoms with Crippen LogP contribution in [0.2, 0.25) is 0 Å². The van der Waals surface area contributed by atoms with Gasteiger partial charge in [0.1, 0.15) is 0 Å². The number of ketones is 2. The van der Waals surface area contributed by atoms with Crippen molar-refractivity contribution in [3.05, 3.63) is 11.8 Å². The second-order valence-electron chi connectivity index (χ2n) is 3.30. The highest BCUT2D eigenvalue weighted by atomic mass is 16.5. The van der Waals surface area contributed by atoms with Crippen LogP contribution >= 0.6 is 0 Å². The maximum Gasteiger partial charge on any atom is 0.164 e. The third kappa shape index (κ3) is 2.96. The van der Waals surface area contributed by atoms with Crippen LogP contribution in [-0.2, 0) is 14.3 Å². The Kier molecular flexibility index (Phi) is 3.83. The van der Waals surface area contributed by atoms with Crippen molar-refractivity contribution in [3.8, 4) is 0 Å². The van der Waals surface area contributed by atoms with Gasteiger partial charge in [-0.3, -0.25) is 9.59 Å². The molecule has 0 aromatic heterocycles. The first-order chi connectivity index (χ1) is 6.61. The number of rotatable bonds is 3. The van der Waals surface area contributed by atoms with Crippen molar-refractivity contribution in [1.82, 2.24) is 4.90 Å². The number of Topliss-reactive ketones (excluding diaryl/α,β-unsaturated/α-hetero) is 2. The lowest BCUT2D eigenvalue weighted by atomic mass is 10.1. The number of allylic oxidation sites excluding steroid dienone is 1. The quantitative estimate of drug-likeness (QED) is 0.373. The lowest BCUT2D eigenvalue weighted by Crippen LogP contribution is -2.33. The van der Waals surface area contributed by atoms with Gasteiger partial charge in [0, 0.05) is 19.3 Å². The molecule has 0 atom stereocenters. The Morgan fingerprint density at radius 3 is 2.07 bits per heavy atom. The maximum absolute atomic E-state index is 11.1. The zero-order chi connectivity index (χ0) is 10.6. The number of carbonyl (C=O) groups is 2. The van der Waals surface area contributed by atoms with Crippen molar-refractivity contribution < 1.29 is 14.3 Å². The molecule has 1 saturated heterocycles. The first kappa shape index (κ1) is 10.9. The molecule has 14 heavy (non-hydrogen) atoms. The van der Waals surface area contributed by atoms with Crippen LogP contribution in [0.15, 0.2) is 11.8 Å². The van der Waals surface area contributed by atoms with E-state index in [2.05, 4.69) is 0 Å². The molecule has 1 fully saturated rings. The number of carbonyl (C=O) groups excluding carboxylic acids is 2. The topological polar surface area (TPSA) is 46.6 Å². The average Bonchev–Trinajstić information content (AvgIpc) is 2.15. The number of morpholine rings is 1. The minimum Gasteiger partial charge on any atom is -0.378 e. The van der Waals surface area contributed by atoms with Gasteiger partial charge < -0.3 is 9.64 Å². The summed E-state index contributed by atoms with van der Waals surface area (Å²) in [6, 6.07) is 0. The minimum atomic E-state index is -0.177. The fraction of sp³-hybridized carbons (Fsp3) is 0.600. The van der Waals surface area contributed by atoms with Gasteiger partial charge in [0.25, 0.3) is 0 Å². The van der Waals surface area contributed by atoms with Crippen LogP contribution in [0.5, 0.6) is 0 Å². The van der Waals surface area contributed by atoms with Gasteiger partial charge in [0.15, 0.2) is 11.6 Å². The van der Waals surface area contributed by atoms with Crippen LogP contribution < -0.4 is 0 Å². The van der Waals surface area contributed by atoms with E-state index in [0.29, 0.717) is 13.2 Å². The van der Waals surface area contributed by atoms with Gasteiger partial charge in [-0.25, -0.2) is 0 Å². The monoisotopic (exact) mass is 197 g/mol. The van der Waals surface area contributed by atoms with Crippen LogP contribution in [0, 0.1) is 0 Å². The SMILES string of the molecule is CC(=O)C(=CN1CCOCC1)C(C)=O. The fourth-order valence-corrected chi connectivity index (χ4v) is 1.32. The van der Waals surface area contributed by atoms with Crippen LogP contribution in [0.4, 0.5) is 0 Å². The van der Waals surface area contributed by atoms with Crippen LogP contribution in [0.25, 0.3) is 0 Å². The lowest BCUT2D eigenvalue weighted by Gasteiger charge is -2.25. The van der Waals surface area contributed by atoms with E-state index < -0.39 is 0 Å². The molecule has 78 valence electrons. The lowest BCUT2D eigenvalue weighted by molar-refractivity contribution is -0.119. The van der Waals surface area contributed by atoms with Gasteiger partial charge >= 0.3 is 0 Å².